The number of aryl methyl sites for hydroxylation is 1. The van der Waals surface area contributed by atoms with Gasteiger partial charge < -0.3 is 14.8 Å². The third kappa shape index (κ3) is 3.79. The maximum Gasteiger partial charge on any atom is 0.336 e. The van der Waals surface area contributed by atoms with Gasteiger partial charge in [-0.3, -0.25) is 0 Å². The minimum absolute atomic E-state index is 0.0860. The molecule has 4 rings (SSSR count). The summed E-state index contributed by atoms with van der Waals surface area (Å²) in [6.45, 7) is 2.71. The zero-order valence-corrected chi connectivity index (χ0v) is 15.7. The Labute approximate surface area is 160 Å². The van der Waals surface area contributed by atoms with E-state index in [2.05, 4.69) is 54.0 Å². The van der Waals surface area contributed by atoms with Gasteiger partial charge >= 0.3 is 5.63 Å². The Hall–Kier alpha value is -2.89. The summed E-state index contributed by atoms with van der Waals surface area (Å²) in [6.07, 6.45) is 0. The molecule has 0 aliphatic carbocycles. The minimum atomic E-state index is -0.403. The van der Waals surface area contributed by atoms with E-state index < -0.39 is 5.63 Å². The molecule has 0 saturated heterocycles. The molecule has 0 radical (unpaired) electrons. The first-order valence-electron chi connectivity index (χ1n) is 8.79. The number of phenols is 1. The van der Waals surface area contributed by atoms with E-state index in [1.165, 1.54) is 28.1 Å². The van der Waals surface area contributed by atoms with Crippen LogP contribution < -0.4 is 10.9 Å². The number of rotatable bonds is 5. The fraction of sp³-hybridized carbons (Fsp3) is 0.136. The lowest BCUT2D eigenvalue weighted by atomic mass is 10.0. The average Bonchev–Trinajstić information content (AvgIpc) is 3.17. The summed E-state index contributed by atoms with van der Waals surface area (Å²) in [5.74, 6) is 0.0860. The highest BCUT2D eigenvalue weighted by Crippen LogP contribution is 2.24. The van der Waals surface area contributed by atoms with Gasteiger partial charge in [0.2, 0.25) is 0 Å². The fourth-order valence-corrected chi connectivity index (χ4v) is 4.14. The van der Waals surface area contributed by atoms with Crippen molar-refractivity contribution in [3.05, 3.63) is 98.0 Å². The van der Waals surface area contributed by atoms with Crippen LogP contribution in [0.25, 0.3) is 11.0 Å². The highest BCUT2D eigenvalue weighted by molar-refractivity contribution is 7.10. The molecule has 5 heteroatoms. The zero-order valence-electron chi connectivity index (χ0n) is 14.9. The monoisotopic (exact) mass is 378 g/mol. The summed E-state index contributed by atoms with van der Waals surface area (Å²) in [5.41, 5.74) is 3.37. The van der Waals surface area contributed by atoms with Gasteiger partial charge in [-0.25, -0.2) is 4.79 Å². The van der Waals surface area contributed by atoms with E-state index in [1.807, 2.05) is 0 Å². The first-order chi connectivity index (χ1) is 13.1. The summed E-state index contributed by atoms with van der Waals surface area (Å²) in [6, 6.07) is 19.4. The van der Waals surface area contributed by atoms with Crippen molar-refractivity contribution in [3.63, 3.8) is 0 Å². The highest BCUT2D eigenvalue weighted by Gasteiger charge is 2.19. The lowest BCUT2D eigenvalue weighted by Crippen LogP contribution is -2.83. The Kier molecular flexibility index (Phi) is 4.79. The van der Waals surface area contributed by atoms with Crippen molar-refractivity contribution in [1.29, 1.82) is 0 Å². The molecule has 4 aromatic rings. The van der Waals surface area contributed by atoms with Crippen molar-refractivity contribution in [2.75, 3.05) is 0 Å². The number of thiophene rings is 1. The molecule has 1 atom stereocenters. The predicted molar refractivity (Wildman–Crippen MR) is 107 cm³/mol. The van der Waals surface area contributed by atoms with E-state index in [0.717, 1.165) is 10.9 Å². The number of phenolic OH excluding ortho intramolecular Hbond substituents is 1. The summed E-state index contributed by atoms with van der Waals surface area (Å²) in [7, 11) is 0. The molecule has 0 spiro atoms. The Morgan fingerprint density at radius 2 is 1.93 bits per heavy atom. The molecule has 2 aromatic heterocycles. The summed E-state index contributed by atoms with van der Waals surface area (Å²) >= 11 is 1.73. The number of nitrogens with two attached hydrogens (primary N) is 1. The number of quaternary nitrogens is 1. The van der Waals surface area contributed by atoms with Gasteiger partial charge in [0.05, 0.1) is 4.88 Å². The second-order valence-electron chi connectivity index (χ2n) is 6.61. The van der Waals surface area contributed by atoms with Crippen molar-refractivity contribution >= 4 is 22.3 Å². The molecule has 0 aliphatic heterocycles. The van der Waals surface area contributed by atoms with Crippen LogP contribution in [0.4, 0.5) is 0 Å². The molecule has 0 saturated carbocycles. The topological polar surface area (TPSA) is 67.0 Å². The van der Waals surface area contributed by atoms with Crippen LogP contribution in [0.15, 0.2) is 75.3 Å². The normalized spacial score (nSPS) is 12.3. The van der Waals surface area contributed by atoms with Crippen molar-refractivity contribution < 1.29 is 14.8 Å². The van der Waals surface area contributed by atoms with Gasteiger partial charge in [0.25, 0.3) is 0 Å². The molecule has 0 amide bonds. The molecule has 2 aromatic carbocycles. The molecule has 2 heterocycles. The zero-order chi connectivity index (χ0) is 18.8. The van der Waals surface area contributed by atoms with Crippen molar-refractivity contribution in [2.45, 2.75) is 19.5 Å². The summed E-state index contributed by atoms with van der Waals surface area (Å²) in [4.78, 5) is 13.2. The van der Waals surface area contributed by atoms with Crippen LogP contribution >= 0.6 is 11.3 Å². The Morgan fingerprint density at radius 1 is 1.11 bits per heavy atom. The van der Waals surface area contributed by atoms with Gasteiger partial charge in [-0.05, 0) is 30.5 Å². The van der Waals surface area contributed by atoms with E-state index in [0.29, 0.717) is 12.1 Å². The van der Waals surface area contributed by atoms with Crippen LogP contribution in [0.3, 0.4) is 0 Å². The molecule has 0 aliphatic rings. The van der Waals surface area contributed by atoms with Crippen LogP contribution in [0, 0.1) is 6.92 Å². The quantitative estimate of drug-likeness (QED) is 0.520. The molecular formula is C22H20NO3S+. The molecule has 3 N–H and O–H groups in total. The van der Waals surface area contributed by atoms with Gasteiger partial charge in [-0.15, -0.1) is 11.3 Å². The number of aromatic hydroxyl groups is 1. The minimum Gasteiger partial charge on any atom is -0.508 e. The smallest absolute Gasteiger partial charge is 0.336 e. The Morgan fingerprint density at radius 3 is 2.67 bits per heavy atom. The van der Waals surface area contributed by atoms with Gasteiger partial charge in [0, 0.05) is 28.6 Å². The molecule has 27 heavy (non-hydrogen) atoms. The second kappa shape index (κ2) is 7.39. The van der Waals surface area contributed by atoms with E-state index in [-0.39, 0.29) is 11.8 Å². The Bertz CT molecular complexity index is 1110. The maximum atomic E-state index is 11.9. The van der Waals surface area contributed by atoms with Crippen molar-refractivity contribution in [2.24, 2.45) is 0 Å². The number of hydrogen-bond acceptors (Lipinski definition) is 4. The number of benzene rings is 2. The van der Waals surface area contributed by atoms with Crippen molar-refractivity contribution in [3.8, 4) is 5.75 Å². The molecule has 0 unspecified atom stereocenters. The van der Waals surface area contributed by atoms with Gasteiger partial charge in [0.1, 0.15) is 23.9 Å². The summed E-state index contributed by atoms with van der Waals surface area (Å²) in [5, 5.41) is 14.8. The SMILES string of the molecule is Cc1ccc([C@H]([NH2+]Cc2cc(=O)oc3cc(O)ccc23)c2cccs2)cc1. The van der Waals surface area contributed by atoms with E-state index in [9.17, 15) is 9.90 Å². The van der Waals surface area contributed by atoms with E-state index in [1.54, 1.807) is 23.5 Å². The largest absolute Gasteiger partial charge is 0.508 e. The van der Waals surface area contributed by atoms with Gasteiger partial charge in [-0.1, -0.05) is 35.9 Å². The number of hydrogen-bond donors (Lipinski definition) is 2. The molecular weight excluding hydrogens is 358 g/mol. The predicted octanol–water partition coefficient (Wildman–Crippen LogP) is 3.72. The molecule has 136 valence electrons. The van der Waals surface area contributed by atoms with Crippen LogP contribution in [-0.4, -0.2) is 5.11 Å². The second-order valence-corrected chi connectivity index (χ2v) is 7.59. The summed E-state index contributed by atoms with van der Waals surface area (Å²) < 4.78 is 5.23. The average molecular weight is 378 g/mol. The van der Waals surface area contributed by atoms with Gasteiger partial charge in [-0.2, -0.15) is 0 Å². The molecule has 0 fully saturated rings. The van der Waals surface area contributed by atoms with Crippen LogP contribution in [0.2, 0.25) is 0 Å². The fourth-order valence-electron chi connectivity index (χ4n) is 3.29. The van der Waals surface area contributed by atoms with Crippen molar-refractivity contribution in [1.82, 2.24) is 0 Å². The first kappa shape index (κ1) is 17.5. The lowest BCUT2D eigenvalue weighted by Gasteiger charge is -2.16. The third-order valence-electron chi connectivity index (χ3n) is 4.67. The highest BCUT2D eigenvalue weighted by atomic mass is 32.1. The number of fused-ring (bicyclic) bond motifs is 1. The Balaban J connectivity index is 1.68. The standard InChI is InChI=1S/C22H19NO3S/c1-14-4-6-15(7-5-14)22(20-3-2-10-27-20)23-13-16-11-21(25)26-19-12-17(24)8-9-18(16)19/h2-12,22-24H,13H2,1H3/p+1/t22-/m0/s1. The third-order valence-corrected chi connectivity index (χ3v) is 5.63. The maximum absolute atomic E-state index is 11.9. The van der Waals surface area contributed by atoms with Gasteiger partial charge in [0.15, 0.2) is 0 Å². The van der Waals surface area contributed by atoms with Crippen LogP contribution in [0.5, 0.6) is 5.75 Å². The molecule has 4 nitrogen and oxygen atoms in total. The van der Waals surface area contributed by atoms with Crippen LogP contribution in [-0.2, 0) is 6.54 Å². The van der Waals surface area contributed by atoms with E-state index in [4.69, 9.17) is 4.42 Å². The van der Waals surface area contributed by atoms with E-state index >= 15 is 0 Å². The van der Waals surface area contributed by atoms with Crippen LogP contribution in [0.1, 0.15) is 27.6 Å². The molecule has 0 bridgehead atoms. The first-order valence-corrected chi connectivity index (χ1v) is 9.67. The lowest BCUT2D eigenvalue weighted by molar-refractivity contribution is -0.701.